The van der Waals surface area contributed by atoms with E-state index in [1.807, 2.05) is 17.2 Å². The van der Waals surface area contributed by atoms with Crippen LogP contribution >= 0.6 is 0 Å². The van der Waals surface area contributed by atoms with Crippen LogP contribution in [0.4, 0.5) is 4.39 Å². The van der Waals surface area contributed by atoms with Crippen LogP contribution in [0.5, 0.6) is 0 Å². The molecule has 4 rings (SSSR count). The molecule has 1 atom stereocenters. The highest BCUT2D eigenvalue weighted by molar-refractivity contribution is 5.73. The molecule has 0 unspecified atom stereocenters. The lowest BCUT2D eigenvalue weighted by Crippen LogP contribution is -2.31. The molecule has 0 radical (unpaired) electrons. The van der Waals surface area contributed by atoms with Crippen molar-refractivity contribution in [2.75, 3.05) is 19.6 Å². The van der Waals surface area contributed by atoms with E-state index in [2.05, 4.69) is 9.88 Å². The number of benzene rings is 1. The van der Waals surface area contributed by atoms with Gasteiger partial charge in [-0.05, 0) is 24.1 Å². The van der Waals surface area contributed by atoms with Crippen molar-refractivity contribution in [1.29, 1.82) is 0 Å². The third-order valence-corrected chi connectivity index (χ3v) is 5.33. The van der Waals surface area contributed by atoms with E-state index in [-0.39, 0.29) is 17.6 Å². The quantitative estimate of drug-likeness (QED) is 0.850. The predicted octanol–water partition coefficient (Wildman–Crippen LogP) is 2.51. The number of nitrogens with zero attached hydrogens (tertiary/aromatic N) is 4. The summed E-state index contributed by atoms with van der Waals surface area (Å²) in [7, 11) is 0. The summed E-state index contributed by atoms with van der Waals surface area (Å²) in [5.74, 6) is 1.04. The first kappa shape index (κ1) is 17.1. The van der Waals surface area contributed by atoms with Crippen LogP contribution in [0.15, 0.2) is 30.5 Å². The molecule has 2 aliphatic heterocycles. The summed E-state index contributed by atoms with van der Waals surface area (Å²) >= 11 is 0. The number of carbonyl (C=O) groups excluding carboxylic acids is 1. The molecule has 0 N–H and O–H groups in total. The van der Waals surface area contributed by atoms with Crippen molar-refractivity contribution in [2.45, 2.75) is 38.8 Å². The number of aromatic nitrogens is 2. The Morgan fingerprint density at radius 2 is 2.23 bits per heavy atom. The molecule has 0 spiro atoms. The molecular formula is C20H23FN4O. The Morgan fingerprint density at radius 3 is 3.00 bits per heavy atom. The Hall–Kier alpha value is -2.34. The van der Waals surface area contributed by atoms with Crippen LogP contribution in [0.1, 0.15) is 41.9 Å². The van der Waals surface area contributed by atoms with Gasteiger partial charge in [-0.1, -0.05) is 12.1 Å². The van der Waals surface area contributed by atoms with Crippen molar-refractivity contribution < 1.29 is 9.18 Å². The zero-order valence-electron chi connectivity index (χ0n) is 15.0. The van der Waals surface area contributed by atoms with Gasteiger partial charge in [-0.15, -0.1) is 0 Å². The van der Waals surface area contributed by atoms with E-state index >= 15 is 0 Å². The van der Waals surface area contributed by atoms with Crippen molar-refractivity contribution >= 4 is 5.91 Å². The number of rotatable bonds is 3. The lowest BCUT2D eigenvalue weighted by Gasteiger charge is -2.28. The number of hydrogen-bond acceptors (Lipinski definition) is 4. The van der Waals surface area contributed by atoms with Crippen molar-refractivity contribution in [3.05, 3.63) is 58.9 Å². The maximum Gasteiger partial charge on any atom is 0.219 e. The number of fused-ring (bicyclic) bond motifs is 1. The molecule has 26 heavy (non-hydrogen) atoms. The van der Waals surface area contributed by atoms with Gasteiger partial charge in [-0.3, -0.25) is 9.69 Å². The van der Waals surface area contributed by atoms with Crippen LogP contribution < -0.4 is 0 Å². The van der Waals surface area contributed by atoms with Gasteiger partial charge in [-0.25, -0.2) is 14.4 Å². The standard InChI is InChI=1S/C20H23FN4O/c1-14(26)25-8-5-16(13-25)20-22-10-17-12-24(7-6-19(17)23-20)11-15-3-2-4-18(21)9-15/h2-4,9-10,16H,5-8,11-13H2,1H3/t16-/m1/s1. The molecule has 1 amide bonds. The fourth-order valence-electron chi connectivity index (χ4n) is 3.87. The van der Waals surface area contributed by atoms with E-state index in [0.29, 0.717) is 0 Å². The van der Waals surface area contributed by atoms with Gasteiger partial charge in [0.05, 0.1) is 0 Å². The monoisotopic (exact) mass is 354 g/mol. The third-order valence-electron chi connectivity index (χ3n) is 5.33. The molecule has 0 bridgehead atoms. The summed E-state index contributed by atoms with van der Waals surface area (Å²) in [6.07, 6.45) is 3.75. The van der Waals surface area contributed by atoms with Gasteiger partial charge in [0.1, 0.15) is 11.6 Å². The number of halogens is 1. The van der Waals surface area contributed by atoms with E-state index < -0.39 is 0 Å². The first-order chi connectivity index (χ1) is 12.6. The smallest absolute Gasteiger partial charge is 0.219 e. The topological polar surface area (TPSA) is 49.3 Å². The number of carbonyl (C=O) groups is 1. The summed E-state index contributed by atoms with van der Waals surface area (Å²) in [5.41, 5.74) is 3.26. The van der Waals surface area contributed by atoms with Crippen LogP contribution in [0, 0.1) is 5.82 Å². The third kappa shape index (κ3) is 3.60. The molecule has 1 saturated heterocycles. The Kier molecular flexibility index (Phi) is 4.68. The second-order valence-electron chi connectivity index (χ2n) is 7.24. The van der Waals surface area contributed by atoms with Gasteiger partial charge in [0, 0.05) is 69.4 Å². The lowest BCUT2D eigenvalue weighted by atomic mass is 10.0. The molecule has 0 aliphatic carbocycles. The zero-order valence-corrected chi connectivity index (χ0v) is 15.0. The van der Waals surface area contributed by atoms with E-state index in [9.17, 15) is 9.18 Å². The Balaban J connectivity index is 1.43. The molecule has 1 aromatic carbocycles. The normalized spacial score (nSPS) is 20.2. The van der Waals surface area contributed by atoms with E-state index in [1.54, 1.807) is 19.1 Å². The number of likely N-dealkylation sites (tertiary alicyclic amines) is 1. The summed E-state index contributed by atoms with van der Waals surface area (Å²) in [4.78, 5) is 25.1. The Bertz CT molecular complexity index is 825. The number of amides is 1. The van der Waals surface area contributed by atoms with Crippen molar-refractivity contribution in [1.82, 2.24) is 19.8 Å². The molecule has 136 valence electrons. The largest absolute Gasteiger partial charge is 0.342 e. The molecule has 2 aliphatic rings. The Labute approximate surface area is 152 Å². The highest BCUT2D eigenvalue weighted by atomic mass is 19.1. The summed E-state index contributed by atoms with van der Waals surface area (Å²) in [6.45, 7) is 5.56. The first-order valence-corrected chi connectivity index (χ1v) is 9.15. The molecular weight excluding hydrogens is 331 g/mol. The highest BCUT2D eigenvalue weighted by Gasteiger charge is 2.28. The summed E-state index contributed by atoms with van der Waals surface area (Å²) in [5, 5.41) is 0. The fourth-order valence-corrected chi connectivity index (χ4v) is 3.87. The maximum atomic E-state index is 13.4. The average Bonchev–Trinajstić information content (AvgIpc) is 3.12. The van der Waals surface area contributed by atoms with Crippen LogP contribution in [0.2, 0.25) is 0 Å². The Morgan fingerprint density at radius 1 is 1.35 bits per heavy atom. The molecule has 1 fully saturated rings. The number of hydrogen-bond donors (Lipinski definition) is 0. The van der Waals surface area contributed by atoms with Gasteiger partial charge in [-0.2, -0.15) is 0 Å². The molecule has 3 heterocycles. The van der Waals surface area contributed by atoms with Gasteiger partial charge in [0.15, 0.2) is 0 Å². The summed E-state index contributed by atoms with van der Waals surface area (Å²) in [6, 6.07) is 6.78. The van der Waals surface area contributed by atoms with Crippen molar-refractivity contribution in [2.24, 2.45) is 0 Å². The molecule has 1 aromatic heterocycles. The lowest BCUT2D eigenvalue weighted by molar-refractivity contribution is -0.127. The van der Waals surface area contributed by atoms with Gasteiger partial charge >= 0.3 is 0 Å². The van der Waals surface area contributed by atoms with Crippen LogP contribution in [-0.4, -0.2) is 45.3 Å². The maximum absolute atomic E-state index is 13.4. The van der Waals surface area contributed by atoms with Gasteiger partial charge < -0.3 is 4.90 Å². The minimum Gasteiger partial charge on any atom is -0.342 e. The molecule has 0 saturated carbocycles. The van der Waals surface area contributed by atoms with Crippen molar-refractivity contribution in [3.63, 3.8) is 0 Å². The molecule has 2 aromatic rings. The van der Waals surface area contributed by atoms with E-state index in [0.717, 1.165) is 68.2 Å². The minimum absolute atomic E-state index is 0.124. The first-order valence-electron chi connectivity index (χ1n) is 9.15. The highest BCUT2D eigenvalue weighted by Crippen LogP contribution is 2.26. The zero-order chi connectivity index (χ0) is 18.1. The SMILES string of the molecule is CC(=O)N1CC[C@@H](c2ncc3c(n2)CCN(Cc2cccc(F)c2)C3)C1. The van der Waals surface area contributed by atoms with E-state index in [4.69, 9.17) is 4.98 Å². The van der Waals surface area contributed by atoms with Crippen LogP contribution in [0.25, 0.3) is 0 Å². The van der Waals surface area contributed by atoms with Crippen LogP contribution in [0.3, 0.4) is 0 Å². The minimum atomic E-state index is -0.191. The fraction of sp³-hybridized carbons (Fsp3) is 0.450. The van der Waals surface area contributed by atoms with Gasteiger partial charge in [0.25, 0.3) is 0 Å². The summed E-state index contributed by atoms with van der Waals surface area (Å²) < 4.78 is 13.4. The molecule has 6 heteroatoms. The second-order valence-corrected chi connectivity index (χ2v) is 7.24. The van der Waals surface area contributed by atoms with E-state index in [1.165, 1.54) is 6.07 Å². The van der Waals surface area contributed by atoms with Gasteiger partial charge in [0.2, 0.25) is 5.91 Å². The second kappa shape index (κ2) is 7.11. The van der Waals surface area contributed by atoms with Crippen molar-refractivity contribution in [3.8, 4) is 0 Å². The predicted molar refractivity (Wildman–Crippen MR) is 95.9 cm³/mol. The average molecular weight is 354 g/mol. The van der Waals surface area contributed by atoms with Crippen LogP contribution in [-0.2, 0) is 24.3 Å². The molecule has 5 nitrogen and oxygen atoms in total.